The van der Waals surface area contributed by atoms with Crippen LogP contribution in [0.1, 0.15) is 72.1 Å². The third kappa shape index (κ3) is 4.62. The molecule has 2 atom stereocenters. The summed E-state index contributed by atoms with van der Waals surface area (Å²) in [5.41, 5.74) is -0.434. The quantitative estimate of drug-likeness (QED) is 0.755. The highest BCUT2D eigenvalue weighted by molar-refractivity contribution is 8.00. The minimum Gasteiger partial charge on any atom is -0.465 e. The zero-order valence-electron chi connectivity index (χ0n) is 13.8. The molecule has 2 unspecified atom stereocenters. The van der Waals surface area contributed by atoms with E-state index < -0.39 is 5.54 Å². The topological polar surface area (TPSA) is 38.3 Å². The van der Waals surface area contributed by atoms with Crippen molar-refractivity contribution in [2.24, 2.45) is 0 Å². The van der Waals surface area contributed by atoms with Crippen LogP contribution in [0.2, 0.25) is 0 Å². The number of carbonyl (C=O) groups excluding carboxylic acids is 1. The molecule has 21 heavy (non-hydrogen) atoms. The molecule has 0 saturated heterocycles. The zero-order chi connectivity index (χ0) is 15.3. The summed E-state index contributed by atoms with van der Waals surface area (Å²) in [6.45, 7) is 6.59. The van der Waals surface area contributed by atoms with Crippen LogP contribution in [0.15, 0.2) is 0 Å². The van der Waals surface area contributed by atoms with Crippen LogP contribution in [0.4, 0.5) is 0 Å². The van der Waals surface area contributed by atoms with Gasteiger partial charge in [-0.25, -0.2) is 0 Å². The van der Waals surface area contributed by atoms with Gasteiger partial charge in [0.2, 0.25) is 0 Å². The molecule has 0 heterocycles. The fourth-order valence-electron chi connectivity index (χ4n) is 3.79. The molecule has 0 aliphatic heterocycles. The van der Waals surface area contributed by atoms with Gasteiger partial charge < -0.3 is 4.74 Å². The van der Waals surface area contributed by atoms with Crippen LogP contribution < -0.4 is 5.32 Å². The van der Waals surface area contributed by atoms with Crippen molar-refractivity contribution >= 4 is 17.7 Å². The molecule has 2 fully saturated rings. The summed E-state index contributed by atoms with van der Waals surface area (Å²) in [6, 6.07) is 0.313. The van der Waals surface area contributed by atoms with Crippen molar-refractivity contribution in [2.75, 3.05) is 6.61 Å². The van der Waals surface area contributed by atoms with Crippen LogP contribution in [0, 0.1) is 0 Å². The van der Waals surface area contributed by atoms with Gasteiger partial charge in [0.05, 0.1) is 6.61 Å². The minimum absolute atomic E-state index is 0.0366. The summed E-state index contributed by atoms with van der Waals surface area (Å²) >= 11 is 2.15. The van der Waals surface area contributed by atoms with Gasteiger partial charge in [0.1, 0.15) is 5.54 Å². The monoisotopic (exact) mass is 313 g/mol. The number of thioether (sulfide) groups is 1. The maximum absolute atomic E-state index is 12.4. The minimum atomic E-state index is -0.434. The molecule has 2 aliphatic carbocycles. The highest BCUT2D eigenvalue weighted by Gasteiger charge is 2.47. The van der Waals surface area contributed by atoms with Crippen LogP contribution in [-0.4, -0.2) is 34.7 Å². The molecule has 4 heteroatoms. The zero-order valence-corrected chi connectivity index (χ0v) is 14.6. The highest BCUT2D eigenvalue weighted by atomic mass is 32.2. The Morgan fingerprint density at radius 3 is 2.57 bits per heavy atom. The van der Waals surface area contributed by atoms with Crippen LogP contribution in [0.25, 0.3) is 0 Å². The Hall–Kier alpha value is -0.220. The van der Waals surface area contributed by atoms with Crippen molar-refractivity contribution in [3.63, 3.8) is 0 Å². The Labute approximate surface area is 134 Å². The molecule has 0 aromatic rings. The molecule has 3 nitrogen and oxygen atoms in total. The fraction of sp³-hybridized carbons (Fsp3) is 0.941. The number of nitrogens with one attached hydrogen (secondary N) is 1. The number of hydrogen-bond donors (Lipinski definition) is 1. The molecule has 0 bridgehead atoms. The average molecular weight is 314 g/mol. The van der Waals surface area contributed by atoms with Gasteiger partial charge >= 0.3 is 5.97 Å². The molecule has 122 valence electrons. The molecule has 0 radical (unpaired) electrons. The van der Waals surface area contributed by atoms with E-state index in [1.165, 1.54) is 32.1 Å². The Morgan fingerprint density at radius 2 is 1.95 bits per heavy atom. The van der Waals surface area contributed by atoms with Gasteiger partial charge in [0, 0.05) is 16.5 Å². The SMILES string of the molecule is CCOC(=O)C1(NC(C)C)CCC(SC2CCCCC2)C1. The Balaban J connectivity index is 1.94. The summed E-state index contributed by atoms with van der Waals surface area (Å²) in [7, 11) is 0. The molecular formula is C17H31NO2S. The summed E-state index contributed by atoms with van der Waals surface area (Å²) in [4.78, 5) is 12.4. The Morgan fingerprint density at radius 1 is 1.24 bits per heavy atom. The van der Waals surface area contributed by atoms with Gasteiger partial charge in [-0.2, -0.15) is 11.8 Å². The van der Waals surface area contributed by atoms with Crippen LogP contribution in [0.5, 0.6) is 0 Å². The first kappa shape index (κ1) is 17.1. The molecule has 2 saturated carbocycles. The van der Waals surface area contributed by atoms with E-state index in [0.717, 1.165) is 24.5 Å². The van der Waals surface area contributed by atoms with Crippen LogP contribution in [0.3, 0.4) is 0 Å². The van der Waals surface area contributed by atoms with Crippen molar-refractivity contribution in [3.8, 4) is 0 Å². The van der Waals surface area contributed by atoms with E-state index in [9.17, 15) is 4.79 Å². The van der Waals surface area contributed by atoms with Crippen molar-refractivity contribution in [3.05, 3.63) is 0 Å². The largest absolute Gasteiger partial charge is 0.465 e. The molecule has 0 aromatic carbocycles. The van der Waals surface area contributed by atoms with Crippen LogP contribution in [-0.2, 0) is 9.53 Å². The fourth-order valence-corrected chi connectivity index (χ4v) is 5.57. The summed E-state index contributed by atoms with van der Waals surface area (Å²) in [5, 5.41) is 4.95. The van der Waals surface area contributed by atoms with E-state index in [4.69, 9.17) is 4.74 Å². The van der Waals surface area contributed by atoms with E-state index in [0.29, 0.717) is 17.9 Å². The number of hydrogen-bond acceptors (Lipinski definition) is 4. The molecule has 2 rings (SSSR count). The lowest BCUT2D eigenvalue weighted by Gasteiger charge is -2.31. The molecular weight excluding hydrogens is 282 g/mol. The van der Waals surface area contributed by atoms with Crippen molar-refractivity contribution in [2.45, 2.75) is 94.2 Å². The number of rotatable bonds is 6. The molecule has 0 aromatic heterocycles. The molecule has 0 amide bonds. The highest BCUT2D eigenvalue weighted by Crippen LogP contribution is 2.42. The van der Waals surface area contributed by atoms with Gasteiger partial charge in [-0.05, 0) is 52.9 Å². The third-order valence-corrected chi connectivity index (χ3v) is 6.28. The predicted molar refractivity (Wildman–Crippen MR) is 89.7 cm³/mol. The smallest absolute Gasteiger partial charge is 0.326 e. The van der Waals surface area contributed by atoms with Gasteiger partial charge in [0.15, 0.2) is 0 Å². The van der Waals surface area contributed by atoms with Crippen molar-refractivity contribution in [1.29, 1.82) is 0 Å². The number of esters is 1. The standard InChI is InChI=1S/C17H31NO2S/c1-4-20-16(19)17(18-13(2)3)11-10-15(12-17)21-14-8-6-5-7-9-14/h13-15,18H,4-12H2,1-3H3. The first-order valence-corrected chi connectivity index (χ1v) is 9.60. The van der Waals surface area contributed by atoms with E-state index in [-0.39, 0.29) is 5.97 Å². The van der Waals surface area contributed by atoms with E-state index >= 15 is 0 Å². The predicted octanol–water partition coefficient (Wildman–Crippen LogP) is 3.90. The Bertz CT molecular complexity index is 342. The van der Waals surface area contributed by atoms with Gasteiger partial charge in [-0.15, -0.1) is 0 Å². The maximum Gasteiger partial charge on any atom is 0.326 e. The summed E-state index contributed by atoms with van der Waals surface area (Å²) < 4.78 is 5.36. The molecule has 2 aliphatic rings. The first-order chi connectivity index (χ1) is 10.1. The number of carbonyl (C=O) groups is 1. The Kier molecular flexibility index (Phi) is 6.42. The summed E-state index contributed by atoms with van der Waals surface area (Å²) in [5.74, 6) is -0.0366. The van der Waals surface area contributed by atoms with Gasteiger partial charge in [-0.1, -0.05) is 19.3 Å². The maximum atomic E-state index is 12.4. The van der Waals surface area contributed by atoms with Gasteiger partial charge in [0.25, 0.3) is 0 Å². The van der Waals surface area contributed by atoms with E-state index in [2.05, 4.69) is 30.9 Å². The lowest BCUT2D eigenvalue weighted by Crippen LogP contribution is -2.54. The van der Waals surface area contributed by atoms with E-state index in [1.54, 1.807) is 0 Å². The van der Waals surface area contributed by atoms with Gasteiger partial charge in [-0.3, -0.25) is 10.1 Å². The molecule has 1 N–H and O–H groups in total. The van der Waals surface area contributed by atoms with E-state index in [1.807, 2.05) is 6.92 Å². The lowest BCUT2D eigenvalue weighted by atomic mass is 9.96. The molecule has 0 spiro atoms. The lowest BCUT2D eigenvalue weighted by molar-refractivity contribution is -0.151. The first-order valence-electron chi connectivity index (χ1n) is 8.66. The summed E-state index contributed by atoms with van der Waals surface area (Å²) in [6.07, 6.45) is 9.91. The van der Waals surface area contributed by atoms with Crippen molar-refractivity contribution in [1.82, 2.24) is 5.32 Å². The third-order valence-electron chi connectivity index (χ3n) is 4.64. The van der Waals surface area contributed by atoms with Crippen LogP contribution >= 0.6 is 11.8 Å². The second-order valence-corrected chi connectivity index (χ2v) is 8.47. The second-order valence-electron chi connectivity index (χ2n) is 6.86. The average Bonchev–Trinajstić information content (AvgIpc) is 2.83. The van der Waals surface area contributed by atoms with Crippen molar-refractivity contribution < 1.29 is 9.53 Å². The normalized spacial score (nSPS) is 30.8. The second kappa shape index (κ2) is 7.87. The number of ether oxygens (including phenoxy) is 1.